The predicted molar refractivity (Wildman–Crippen MR) is 89.0 cm³/mol. The van der Waals surface area contributed by atoms with Gasteiger partial charge in [-0.1, -0.05) is 11.6 Å². The lowest BCUT2D eigenvalue weighted by Gasteiger charge is -2.60. The van der Waals surface area contributed by atoms with Crippen molar-refractivity contribution in [1.82, 2.24) is 0 Å². The number of ether oxygens (including phenoxy) is 2. The SMILES string of the molecule is C=C(C)C(=O)OC12CC3CC(CC(COC(=O)C(F)(F)SOOO)(C3)C1)C2. The van der Waals surface area contributed by atoms with Gasteiger partial charge in [0.25, 0.3) is 0 Å². The Morgan fingerprint density at radius 3 is 2.44 bits per heavy atom. The molecule has 4 fully saturated rings. The van der Waals surface area contributed by atoms with E-state index in [1.807, 2.05) is 0 Å². The third-order valence-electron chi connectivity index (χ3n) is 5.70. The van der Waals surface area contributed by atoms with Gasteiger partial charge in [0.05, 0.1) is 6.61 Å². The molecule has 152 valence electrons. The smallest absolute Gasteiger partial charge is 0.415 e. The van der Waals surface area contributed by atoms with Crippen LogP contribution in [0.5, 0.6) is 0 Å². The summed E-state index contributed by atoms with van der Waals surface area (Å²) in [4.78, 5) is 23.8. The number of hydrogen-bond acceptors (Lipinski definition) is 8. The van der Waals surface area contributed by atoms with Gasteiger partial charge in [-0.05, 0) is 57.3 Å². The molecule has 10 heteroatoms. The van der Waals surface area contributed by atoms with E-state index in [1.54, 1.807) is 6.92 Å². The zero-order chi connectivity index (χ0) is 19.9. The fraction of sp³-hybridized carbons (Fsp3) is 0.765. The molecule has 0 aliphatic heterocycles. The van der Waals surface area contributed by atoms with E-state index in [2.05, 4.69) is 16.0 Å². The zero-order valence-corrected chi connectivity index (χ0v) is 15.7. The van der Waals surface area contributed by atoms with E-state index in [0.717, 1.165) is 32.1 Å². The maximum atomic E-state index is 13.6. The number of esters is 2. The van der Waals surface area contributed by atoms with E-state index in [4.69, 9.17) is 14.7 Å². The number of carbonyl (C=O) groups excluding carboxylic acids is 2. The predicted octanol–water partition coefficient (Wildman–Crippen LogP) is 3.65. The summed E-state index contributed by atoms with van der Waals surface area (Å²) >= 11 is -0.644. The van der Waals surface area contributed by atoms with Gasteiger partial charge in [0, 0.05) is 11.0 Å². The standard InChI is InChI=1S/C17H22F2O7S/c1-10(2)13(20)24-16-6-11-3-12(7-16)5-15(4-11,8-16)9-23-14(21)17(18,19)27-26-25-22/h11-12,22H,1,3-9H2,2H3. The van der Waals surface area contributed by atoms with E-state index in [0.29, 0.717) is 23.8 Å². The summed E-state index contributed by atoms with van der Waals surface area (Å²) in [5, 5.41) is 7.04. The molecule has 4 saturated carbocycles. The van der Waals surface area contributed by atoms with Crippen LogP contribution >= 0.6 is 12.0 Å². The van der Waals surface area contributed by atoms with Gasteiger partial charge in [0.1, 0.15) is 17.6 Å². The summed E-state index contributed by atoms with van der Waals surface area (Å²) in [7, 11) is 0. The van der Waals surface area contributed by atoms with E-state index in [-0.39, 0.29) is 6.61 Å². The van der Waals surface area contributed by atoms with E-state index < -0.39 is 40.3 Å². The highest BCUT2D eigenvalue weighted by molar-refractivity contribution is 7.96. The van der Waals surface area contributed by atoms with Crippen molar-refractivity contribution in [3.05, 3.63) is 12.2 Å². The van der Waals surface area contributed by atoms with Crippen LogP contribution in [-0.2, 0) is 28.4 Å². The molecule has 4 aliphatic carbocycles. The largest absolute Gasteiger partial charge is 0.460 e. The molecule has 0 heterocycles. The van der Waals surface area contributed by atoms with Gasteiger partial charge in [-0.3, -0.25) is 0 Å². The summed E-state index contributed by atoms with van der Waals surface area (Å²) in [5.41, 5.74) is -0.809. The Morgan fingerprint density at radius 2 is 1.89 bits per heavy atom. The van der Waals surface area contributed by atoms with Crippen molar-refractivity contribution < 1.29 is 42.5 Å². The van der Waals surface area contributed by atoms with Crippen LogP contribution in [0.1, 0.15) is 45.4 Å². The average molecular weight is 408 g/mol. The van der Waals surface area contributed by atoms with Crippen molar-refractivity contribution in [3.63, 3.8) is 0 Å². The van der Waals surface area contributed by atoms with Gasteiger partial charge in [0.2, 0.25) is 0 Å². The normalized spacial score (nSPS) is 34.4. The minimum atomic E-state index is -4.02. The zero-order valence-electron chi connectivity index (χ0n) is 14.9. The second kappa shape index (κ2) is 7.31. The first-order valence-corrected chi connectivity index (χ1v) is 9.43. The second-order valence-corrected chi connectivity index (χ2v) is 8.95. The van der Waals surface area contributed by atoms with Crippen LogP contribution in [-0.4, -0.2) is 34.7 Å². The van der Waals surface area contributed by atoms with Crippen molar-refractivity contribution in [2.75, 3.05) is 6.61 Å². The lowest BCUT2D eigenvalue weighted by atomic mass is 9.48. The Balaban J connectivity index is 1.68. The maximum Gasteiger partial charge on any atom is 0.415 e. The number of rotatable bonds is 8. The molecule has 0 spiro atoms. The molecule has 0 saturated heterocycles. The number of hydrogen-bond donors (Lipinski definition) is 1. The highest BCUT2D eigenvalue weighted by Crippen LogP contribution is 2.63. The highest BCUT2D eigenvalue weighted by atomic mass is 32.2. The molecule has 0 radical (unpaired) electrons. The van der Waals surface area contributed by atoms with Gasteiger partial charge in [0.15, 0.2) is 0 Å². The van der Waals surface area contributed by atoms with Gasteiger partial charge in [-0.25, -0.2) is 14.8 Å². The monoisotopic (exact) mass is 408 g/mol. The molecule has 27 heavy (non-hydrogen) atoms. The Bertz CT molecular complexity index is 625. The van der Waals surface area contributed by atoms with Crippen LogP contribution in [0.4, 0.5) is 8.78 Å². The molecule has 0 aromatic rings. The van der Waals surface area contributed by atoms with Gasteiger partial charge in [-0.2, -0.15) is 8.78 Å². The first-order chi connectivity index (χ1) is 12.6. The molecule has 2 atom stereocenters. The molecular formula is C17H22F2O7S. The Kier molecular flexibility index (Phi) is 5.55. The quantitative estimate of drug-likeness (QED) is 0.214. The van der Waals surface area contributed by atoms with Crippen LogP contribution in [0.25, 0.3) is 0 Å². The minimum Gasteiger partial charge on any atom is -0.460 e. The molecule has 0 aromatic heterocycles. The highest BCUT2D eigenvalue weighted by Gasteiger charge is 2.60. The molecule has 4 bridgehead atoms. The lowest BCUT2D eigenvalue weighted by Crippen LogP contribution is -2.59. The van der Waals surface area contributed by atoms with Crippen LogP contribution in [0.15, 0.2) is 12.2 Å². The van der Waals surface area contributed by atoms with E-state index in [9.17, 15) is 18.4 Å². The minimum absolute atomic E-state index is 0.179. The number of halogens is 2. The fourth-order valence-corrected chi connectivity index (χ4v) is 5.57. The van der Waals surface area contributed by atoms with Crippen molar-refractivity contribution >= 4 is 24.0 Å². The Labute approximate surface area is 159 Å². The molecule has 7 nitrogen and oxygen atoms in total. The average Bonchev–Trinajstić information content (AvgIpc) is 2.56. The molecule has 2 unspecified atom stereocenters. The molecule has 4 aliphatic rings. The molecule has 0 amide bonds. The van der Waals surface area contributed by atoms with Crippen molar-refractivity contribution in [1.29, 1.82) is 0 Å². The molecule has 4 rings (SSSR count). The van der Waals surface area contributed by atoms with Crippen LogP contribution < -0.4 is 0 Å². The van der Waals surface area contributed by atoms with Crippen molar-refractivity contribution in [3.8, 4) is 0 Å². The summed E-state index contributed by atoms with van der Waals surface area (Å²) in [6.07, 6.45) is 4.47. The van der Waals surface area contributed by atoms with E-state index >= 15 is 0 Å². The van der Waals surface area contributed by atoms with Crippen LogP contribution in [0, 0.1) is 17.3 Å². The molecule has 1 N–H and O–H groups in total. The number of alkyl halides is 2. The third-order valence-corrected chi connectivity index (χ3v) is 6.21. The van der Waals surface area contributed by atoms with E-state index in [1.165, 1.54) is 0 Å². The molecule has 0 aromatic carbocycles. The van der Waals surface area contributed by atoms with Crippen molar-refractivity contribution in [2.45, 2.75) is 56.3 Å². The van der Waals surface area contributed by atoms with Gasteiger partial charge < -0.3 is 9.47 Å². The first-order valence-electron chi connectivity index (χ1n) is 8.69. The summed E-state index contributed by atoms with van der Waals surface area (Å²) in [6, 6.07) is 0. The molecular weight excluding hydrogens is 386 g/mol. The topological polar surface area (TPSA) is 91.3 Å². The number of carbonyl (C=O) groups is 2. The first kappa shape index (κ1) is 20.5. The Morgan fingerprint density at radius 1 is 1.26 bits per heavy atom. The van der Waals surface area contributed by atoms with Crippen molar-refractivity contribution in [2.24, 2.45) is 17.3 Å². The van der Waals surface area contributed by atoms with Crippen LogP contribution in [0.2, 0.25) is 0 Å². The third kappa shape index (κ3) is 4.28. The summed E-state index contributed by atoms with van der Waals surface area (Å²) in [5.74, 6) is -1.60. The lowest BCUT2D eigenvalue weighted by molar-refractivity contribution is -0.433. The summed E-state index contributed by atoms with van der Waals surface area (Å²) in [6.45, 7) is 5.01. The second-order valence-electron chi connectivity index (χ2n) is 8.13. The Hall–Kier alpha value is -1.23. The van der Waals surface area contributed by atoms with Gasteiger partial charge in [-0.15, -0.1) is 4.33 Å². The van der Waals surface area contributed by atoms with Gasteiger partial charge >= 0.3 is 17.2 Å². The summed E-state index contributed by atoms with van der Waals surface area (Å²) < 4.78 is 41.5. The van der Waals surface area contributed by atoms with Crippen LogP contribution in [0.3, 0.4) is 0 Å². The maximum absolute atomic E-state index is 13.6. The fourth-order valence-electron chi connectivity index (χ4n) is 5.33.